The van der Waals surface area contributed by atoms with E-state index >= 15 is 0 Å². The van der Waals surface area contributed by atoms with E-state index in [0.29, 0.717) is 5.75 Å². The van der Waals surface area contributed by atoms with Crippen LogP contribution in [0.4, 0.5) is 16.3 Å². The van der Waals surface area contributed by atoms with E-state index in [2.05, 4.69) is 15.3 Å². The molecule has 1 heterocycles. The van der Waals surface area contributed by atoms with Gasteiger partial charge in [0, 0.05) is 18.2 Å². The number of carboxylic acid groups (broad SMARTS) is 1. The van der Waals surface area contributed by atoms with Crippen molar-refractivity contribution >= 4 is 17.6 Å². The molecule has 0 saturated carbocycles. The number of nitrogens with one attached hydrogen (secondary N) is 1. The number of hydrogen-bond acceptors (Lipinski definition) is 6. The van der Waals surface area contributed by atoms with Gasteiger partial charge in [0.05, 0.1) is 4.92 Å². The predicted octanol–water partition coefficient (Wildman–Crippen LogP) is 2.27. The Bertz CT molecular complexity index is 644. The molecule has 0 bridgehead atoms. The lowest BCUT2D eigenvalue weighted by atomic mass is 10.3. The summed E-state index contributed by atoms with van der Waals surface area (Å²) < 4.78 is 5.33. The van der Waals surface area contributed by atoms with Crippen molar-refractivity contribution in [2.75, 3.05) is 5.32 Å². The Hall–Kier alpha value is -3.23. The number of hydrogen-bond donors (Lipinski definition) is 2. The maximum absolute atomic E-state index is 10.5. The molecule has 0 radical (unpaired) electrons. The van der Waals surface area contributed by atoms with Gasteiger partial charge in [-0.3, -0.25) is 15.4 Å². The number of nitrogens with zero attached hydrogens (tertiary/aromatic N) is 3. The lowest BCUT2D eigenvalue weighted by Gasteiger charge is -2.05. The molecule has 102 valence electrons. The van der Waals surface area contributed by atoms with Crippen molar-refractivity contribution in [3.05, 3.63) is 46.8 Å². The van der Waals surface area contributed by atoms with E-state index in [1.54, 1.807) is 0 Å². The van der Waals surface area contributed by atoms with Crippen LogP contribution < -0.4 is 10.1 Å². The van der Waals surface area contributed by atoms with Crippen LogP contribution in [0.1, 0.15) is 0 Å². The number of ether oxygens (including phenoxy) is 1. The lowest BCUT2D eigenvalue weighted by molar-refractivity contribution is -0.384. The summed E-state index contributed by atoms with van der Waals surface area (Å²) in [6, 6.07) is 6.67. The monoisotopic (exact) mass is 276 g/mol. The molecule has 20 heavy (non-hydrogen) atoms. The van der Waals surface area contributed by atoms with Gasteiger partial charge in [0.2, 0.25) is 5.88 Å². The van der Waals surface area contributed by atoms with Crippen LogP contribution in [-0.4, -0.2) is 26.1 Å². The Morgan fingerprint density at radius 2 is 2.00 bits per heavy atom. The number of benzene rings is 1. The number of nitro benzene ring substituents is 1. The van der Waals surface area contributed by atoms with Crippen molar-refractivity contribution in [1.29, 1.82) is 0 Å². The van der Waals surface area contributed by atoms with E-state index in [1.165, 1.54) is 30.3 Å². The highest BCUT2D eigenvalue weighted by Gasteiger charge is 2.07. The van der Waals surface area contributed by atoms with Crippen molar-refractivity contribution in [2.45, 2.75) is 0 Å². The summed E-state index contributed by atoms with van der Waals surface area (Å²) in [5.74, 6) is 0.498. The molecule has 0 atom stereocenters. The van der Waals surface area contributed by atoms with Crippen LogP contribution in [0.25, 0.3) is 0 Å². The normalized spacial score (nSPS) is 9.80. The van der Waals surface area contributed by atoms with E-state index in [-0.39, 0.29) is 17.4 Å². The third kappa shape index (κ3) is 3.38. The second-order valence-electron chi connectivity index (χ2n) is 3.52. The molecule has 9 heteroatoms. The minimum atomic E-state index is -1.26. The first-order valence-electron chi connectivity index (χ1n) is 5.29. The summed E-state index contributed by atoms with van der Waals surface area (Å²) in [6.07, 6.45) is -0.128. The predicted molar refractivity (Wildman–Crippen MR) is 66.8 cm³/mol. The molecule has 0 saturated heterocycles. The second kappa shape index (κ2) is 5.61. The van der Waals surface area contributed by atoms with Gasteiger partial charge < -0.3 is 9.84 Å². The van der Waals surface area contributed by atoms with Gasteiger partial charge in [-0.2, -0.15) is 0 Å². The van der Waals surface area contributed by atoms with Crippen molar-refractivity contribution in [1.82, 2.24) is 9.97 Å². The Balaban J connectivity index is 2.13. The van der Waals surface area contributed by atoms with Gasteiger partial charge in [0.25, 0.3) is 5.69 Å². The summed E-state index contributed by atoms with van der Waals surface area (Å²) in [7, 11) is 0. The van der Waals surface area contributed by atoms with Crippen LogP contribution >= 0.6 is 0 Å². The van der Waals surface area contributed by atoms with Crippen LogP contribution in [0.5, 0.6) is 11.6 Å². The van der Waals surface area contributed by atoms with Crippen LogP contribution in [0, 0.1) is 10.1 Å². The summed E-state index contributed by atoms with van der Waals surface area (Å²) in [5, 5.41) is 21.1. The quantitative estimate of drug-likeness (QED) is 0.647. The standard InChI is InChI=1S/C11H8N4O5/c16-11(17)14-9-5-10(13-6-12-9)20-8-3-1-7(2-4-8)15(18)19/h1-6H,(H,16,17)(H,12,13,14). The van der Waals surface area contributed by atoms with Gasteiger partial charge in [-0.25, -0.2) is 14.8 Å². The fourth-order valence-electron chi connectivity index (χ4n) is 1.33. The van der Waals surface area contributed by atoms with Gasteiger partial charge in [0.1, 0.15) is 17.9 Å². The van der Waals surface area contributed by atoms with E-state index < -0.39 is 11.0 Å². The number of aromatic nitrogens is 2. The molecule has 0 aliphatic heterocycles. The van der Waals surface area contributed by atoms with Gasteiger partial charge in [-0.1, -0.05) is 0 Å². The Labute approximate surface area is 112 Å². The fraction of sp³-hybridized carbons (Fsp3) is 0. The van der Waals surface area contributed by atoms with Crippen LogP contribution in [0.15, 0.2) is 36.7 Å². The molecule has 1 aromatic carbocycles. The van der Waals surface area contributed by atoms with E-state index in [9.17, 15) is 14.9 Å². The summed E-state index contributed by atoms with van der Waals surface area (Å²) in [5.41, 5.74) is -0.0618. The molecule has 0 aliphatic rings. The highest BCUT2D eigenvalue weighted by atomic mass is 16.6. The van der Waals surface area contributed by atoms with E-state index in [1.807, 2.05) is 0 Å². The zero-order valence-corrected chi connectivity index (χ0v) is 9.89. The zero-order chi connectivity index (χ0) is 14.5. The molecule has 9 nitrogen and oxygen atoms in total. The molecular formula is C11H8N4O5. The van der Waals surface area contributed by atoms with E-state index in [4.69, 9.17) is 9.84 Å². The maximum atomic E-state index is 10.5. The molecule has 1 amide bonds. The average Bonchev–Trinajstić information content (AvgIpc) is 2.39. The van der Waals surface area contributed by atoms with Crippen molar-refractivity contribution in [3.8, 4) is 11.6 Å². The average molecular weight is 276 g/mol. The molecular weight excluding hydrogens is 268 g/mol. The first-order valence-corrected chi connectivity index (χ1v) is 5.29. The van der Waals surface area contributed by atoms with Crippen molar-refractivity contribution < 1.29 is 19.6 Å². The first kappa shape index (κ1) is 13.2. The molecule has 2 aromatic rings. The lowest BCUT2D eigenvalue weighted by Crippen LogP contribution is -2.08. The largest absolute Gasteiger partial charge is 0.465 e. The molecule has 0 fully saturated rings. The van der Waals surface area contributed by atoms with Gasteiger partial charge in [0.15, 0.2) is 0 Å². The molecule has 0 unspecified atom stereocenters. The summed E-state index contributed by atoms with van der Waals surface area (Å²) in [6.45, 7) is 0. The van der Waals surface area contributed by atoms with Crippen molar-refractivity contribution in [2.24, 2.45) is 0 Å². The Kier molecular flexibility index (Phi) is 3.70. The minimum Gasteiger partial charge on any atom is -0.465 e. The second-order valence-corrected chi connectivity index (χ2v) is 3.52. The molecule has 0 spiro atoms. The maximum Gasteiger partial charge on any atom is 0.410 e. The number of anilines is 1. The minimum absolute atomic E-state index is 0.0596. The molecule has 2 rings (SSSR count). The smallest absolute Gasteiger partial charge is 0.410 e. The van der Waals surface area contributed by atoms with Crippen LogP contribution in [0.3, 0.4) is 0 Å². The van der Waals surface area contributed by atoms with Crippen LogP contribution in [0.2, 0.25) is 0 Å². The third-order valence-corrected chi connectivity index (χ3v) is 2.15. The number of nitro groups is 1. The van der Waals surface area contributed by atoms with Crippen LogP contribution in [-0.2, 0) is 0 Å². The Morgan fingerprint density at radius 3 is 2.60 bits per heavy atom. The zero-order valence-electron chi connectivity index (χ0n) is 9.89. The highest BCUT2D eigenvalue weighted by Crippen LogP contribution is 2.23. The fourth-order valence-corrected chi connectivity index (χ4v) is 1.33. The summed E-state index contributed by atoms with van der Waals surface area (Å²) >= 11 is 0. The van der Waals surface area contributed by atoms with Gasteiger partial charge >= 0.3 is 6.09 Å². The topological polar surface area (TPSA) is 127 Å². The number of non-ortho nitro benzene ring substituents is 1. The SMILES string of the molecule is O=C(O)Nc1cc(Oc2ccc([N+](=O)[O-])cc2)ncn1. The summed E-state index contributed by atoms with van der Waals surface area (Å²) in [4.78, 5) is 27.9. The number of rotatable bonds is 4. The molecule has 0 aliphatic carbocycles. The third-order valence-electron chi connectivity index (χ3n) is 2.15. The Morgan fingerprint density at radius 1 is 1.30 bits per heavy atom. The first-order chi connectivity index (χ1) is 9.54. The van der Waals surface area contributed by atoms with E-state index in [0.717, 1.165) is 6.33 Å². The highest BCUT2D eigenvalue weighted by molar-refractivity contribution is 5.81. The number of carbonyl (C=O) groups is 1. The molecule has 1 aromatic heterocycles. The van der Waals surface area contributed by atoms with Gasteiger partial charge in [-0.05, 0) is 12.1 Å². The molecule has 2 N–H and O–H groups in total. The van der Waals surface area contributed by atoms with Crippen molar-refractivity contribution in [3.63, 3.8) is 0 Å². The van der Waals surface area contributed by atoms with Gasteiger partial charge in [-0.15, -0.1) is 0 Å². The number of amides is 1.